The number of benzene rings is 1. The van der Waals surface area contributed by atoms with E-state index >= 15 is 0 Å². The van der Waals surface area contributed by atoms with E-state index in [0.29, 0.717) is 4.47 Å². The van der Waals surface area contributed by atoms with Crippen molar-refractivity contribution in [2.75, 3.05) is 13.2 Å². The Balaban J connectivity index is 2.59. The summed E-state index contributed by atoms with van der Waals surface area (Å²) in [4.78, 5) is 21.9. The zero-order valence-electron chi connectivity index (χ0n) is 9.83. The van der Waals surface area contributed by atoms with Crippen LogP contribution in [0.4, 0.5) is 13.2 Å². The van der Waals surface area contributed by atoms with Crippen LogP contribution in [0.5, 0.6) is 5.75 Å². The van der Waals surface area contributed by atoms with Gasteiger partial charge in [-0.05, 0) is 34.1 Å². The van der Waals surface area contributed by atoms with E-state index in [9.17, 15) is 22.8 Å². The van der Waals surface area contributed by atoms with Gasteiger partial charge in [-0.2, -0.15) is 13.2 Å². The standard InChI is InChI=1S/C11H9BrF3NO4/c12-7-2-1-6(10(18)19)3-8(7)20-4-9(17)16-5-11(13,14)15/h1-3H,4-5H2,(H,16,17)(H,18,19). The molecule has 0 bridgehead atoms. The van der Waals surface area contributed by atoms with E-state index in [0.717, 1.165) is 6.07 Å². The zero-order chi connectivity index (χ0) is 15.3. The van der Waals surface area contributed by atoms with Crippen molar-refractivity contribution in [1.82, 2.24) is 5.32 Å². The van der Waals surface area contributed by atoms with Crippen LogP contribution in [0.1, 0.15) is 10.4 Å². The van der Waals surface area contributed by atoms with Gasteiger partial charge >= 0.3 is 12.1 Å². The number of carboxylic acid groups (broad SMARTS) is 1. The second kappa shape index (κ2) is 6.60. The number of hydrogen-bond donors (Lipinski definition) is 2. The van der Waals surface area contributed by atoms with Gasteiger partial charge in [0.1, 0.15) is 12.3 Å². The third-order valence-electron chi connectivity index (χ3n) is 2.02. The Morgan fingerprint density at radius 1 is 1.35 bits per heavy atom. The summed E-state index contributed by atoms with van der Waals surface area (Å²) in [6.45, 7) is -2.11. The molecular formula is C11H9BrF3NO4. The first-order valence-electron chi connectivity index (χ1n) is 5.18. The van der Waals surface area contributed by atoms with Crippen molar-refractivity contribution in [1.29, 1.82) is 0 Å². The van der Waals surface area contributed by atoms with Crippen LogP contribution >= 0.6 is 15.9 Å². The number of aromatic carboxylic acids is 1. The highest BCUT2D eigenvalue weighted by atomic mass is 79.9. The number of hydrogen-bond acceptors (Lipinski definition) is 3. The molecule has 20 heavy (non-hydrogen) atoms. The van der Waals surface area contributed by atoms with E-state index in [4.69, 9.17) is 9.84 Å². The van der Waals surface area contributed by atoms with Crippen molar-refractivity contribution in [3.05, 3.63) is 28.2 Å². The van der Waals surface area contributed by atoms with E-state index in [2.05, 4.69) is 15.9 Å². The van der Waals surface area contributed by atoms with Crippen LogP contribution in [0.3, 0.4) is 0 Å². The lowest BCUT2D eigenvalue weighted by atomic mass is 10.2. The quantitative estimate of drug-likeness (QED) is 0.848. The Labute approximate surface area is 119 Å². The number of amides is 1. The molecule has 0 heterocycles. The molecule has 0 saturated carbocycles. The average Bonchev–Trinajstić information content (AvgIpc) is 2.34. The molecule has 0 aromatic heterocycles. The van der Waals surface area contributed by atoms with E-state index in [-0.39, 0.29) is 11.3 Å². The number of carbonyl (C=O) groups is 2. The number of nitrogens with one attached hydrogen (secondary N) is 1. The Bertz CT molecular complexity index is 519. The van der Waals surface area contributed by atoms with Crippen LogP contribution in [-0.4, -0.2) is 36.3 Å². The van der Waals surface area contributed by atoms with Crippen LogP contribution in [0.15, 0.2) is 22.7 Å². The fourth-order valence-corrected chi connectivity index (χ4v) is 1.50. The maximum absolute atomic E-state index is 11.9. The Morgan fingerprint density at radius 3 is 2.55 bits per heavy atom. The van der Waals surface area contributed by atoms with Gasteiger partial charge in [0.2, 0.25) is 0 Å². The molecule has 0 saturated heterocycles. The summed E-state index contributed by atoms with van der Waals surface area (Å²) in [6.07, 6.45) is -4.50. The summed E-state index contributed by atoms with van der Waals surface area (Å²) >= 11 is 3.07. The minimum Gasteiger partial charge on any atom is -0.483 e. The molecule has 1 aromatic carbocycles. The first-order valence-corrected chi connectivity index (χ1v) is 5.97. The predicted octanol–water partition coefficient (Wildman–Crippen LogP) is 2.20. The van der Waals surface area contributed by atoms with E-state index < -0.39 is 31.2 Å². The Morgan fingerprint density at radius 2 is 2.00 bits per heavy atom. The summed E-state index contributed by atoms with van der Waals surface area (Å²) in [7, 11) is 0. The van der Waals surface area contributed by atoms with Crippen LogP contribution in [0, 0.1) is 0 Å². The molecule has 1 aromatic rings. The third-order valence-corrected chi connectivity index (χ3v) is 2.68. The average molecular weight is 356 g/mol. The van der Waals surface area contributed by atoms with Gasteiger partial charge < -0.3 is 15.2 Å². The molecule has 2 N–H and O–H groups in total. The molecule has 0 aliphatic rings. The normalized spacial score (nSPS) is 11.0. The smallest absolute Gasteiger partial charge is 0.405 e. The number of carbonyl (C=O) groups excluding carboxylic acids is 1. The molecule has 0 unspecified atom stereocenters. The molecular weight excluding hydrogens is 347 g/mol. The molecule has 0 atom stereocenters. The lowest BCUT2D eigenvalue weighted by molar-refractivity contribution is -0.139. The highest BCUT2D eigenvalue weighted by Gasteiger charge is 2.27. The number of alkyl halides is 3. The fourth-order valence-electron chi connectivity index (χ4n) is 1.14. The third kappa shape index (κ3) is 5.47. The fraction of sp³-hybridized carbons (Fsp3) is 0.273. The predicted molar refractivity (Wildman–Crippen MR) is 65.7 cm³/mol. The topological polar surface area (TPSA) is 75.6 Å². The van der Waals surface area contributed by atoms with Crippen LogP contribution in [0.2, 0.25) is 0 Å². The van der Waals surface area contributed by atoms with Gasteiger partial charge in [0, 0.05) is 0 Å². The molecule has 0 aliphatic carbocycles. The highest BCUT2D eigenvalue weighted by molar-refractivity contribution is 9.10. The number of ether oxygens (including phenoxy) is 1. The lowest BCUT2D eigenvalue weighted by Crippen LogP contribution is -2.36. The number of rotatable bonds is 5. The molecule has 0 fully saturated rings. The molecule has 1 rings (SSSR count). The van der Waals surface area contributed by atoms with Crippen molar-refractivity contribution in [2.45, 2.75) is 6.18 Å². The summed E-state index contributed by atoms with van der Waals surface area (Å²) in [5.41, 5.74) is -0.0705. The van der Waals surface area contributed by atoms with Crippen molar-refractivity contribution in [2.24, 2.45) is 0 Å². The first-order chi connectivity index (χ1) is 9.19. The van der Waals surface area contributed by atoms with Gasteiger partial charge in [0.25, 0.3) is 5.91 Å². The van der Waals surface area contributed by atoms with Gasteiger partial charge in [-0.25, -0.2) is 4.79 Å². The highest BCUT2D eigenvalue weighted by Crippen LogP contribution is 2.26. The summed E-state index contributed by atoms with van der Waals surface area (Å²) in [5.74, 6) is -2.11. The number of carboxylic acids is 1. The zero-order valence-corrected chi connectivity index (χ0v) is 11.4. The van der Waals surface area contributed by atoms with Gasteiger partial charge in [-0.1, -0.05) is 0 Å². The minimum absolute atomic E-state index is 0.0482. The second-order valence-corrected chi connectivity index (χ2v) is 4.49. The van der Waals surface area contributed by atoms with Gasteiger partial charge in [0.15, 0.2) is 6.61 Å². The molecule has 110 valence electrons. The largest absolute Gasteiger partial charge is 0.483 e. The molecule has 0 spiro atoms. The summed E-state index contributed by atoms with van der Waals surface area (Å²) < 4.78 is 40.9. The van der Waals surface area contributed by atoms with Crippen molar-refractivity contribution < 1.29 is 32.6 Å². The van der Waals surface area contributed by atoms with Crippen molar-refractivity contribution >= 4 is 27.8 Å². The second-order valence-electron chi connectivity index (χ2n) is 3.63. The molecule has 0 radical (unpaired) electrons. The lowest BCUT2D eigenvalue weighted by Gasteiger charge is -2.10. The van der Waals surface area contributed by atoms with Gasteiger partial charge in [-0.3, -0.25) is 4.79 Å². The monoisotopic (exact) mass is 355 g/mol. The summed E-state index contributed by atoms with van der Waals surface area (Å²) in [5, 5.41) is 10.4. The van der Waals surface area contributed by atoms with Crippen molar-refractivity contribution in [3.8, 4) is 5.75 Å². The van der Waals surface area contributed by atoms with Crippen LogP contribution in [-0.2, 0) is 4.79 Å². The SMILES string of the molecule is O=C(COc1cc(C(=O)O)ccc1Br)NCC(F)(F)F. The van der Waals surface area contributed by atoms with Gasteiger partial charge in [0.05, 0.1) is 10.0 Å². The maximum atomic E-state index is 11.9. The van der Waals surface area contributed by atoms with Gasteiger partial charge in [-0.15, -0.1) is 0 Å². The van der Waals surface area contributed by atoms with Crippen LogP contribution in [0.25, 0.3) is 0 Å². The first kappa shape index (κ1) is 16.3. The molecule has 5 nitrogen and oxygen atoms in total. The molecule has 1 amide bonds. The van der Waals surface area contributed by atoms with E-state index in [1.54, 1.807) is 5.32 Å². The minimum atomic E-state index is -4.50. The Kier molecular flexibility index (Phi) is 5.37. The molecule has 0 aliphatic heterocycles. The van der Waals surface area contributed by atoms with Crippen molar-refractivity contribution in [3.63, 3.8) is 0 Å². The molecule has 9 heteroatoms. The number of halogens is 4. The van der Waals surface area contributed by atoms with E-state index in [1.165, 1.54) is 12.1 Å². The summed E-state index contributed by atoms with van der Waals surface area (Å²) in [6, 6.07) is 3.86. The Hall–Kier alpha value is -1.77. The maximum Gasteiger partial charge on any atom is 0.405 e. The van der Waals surface area contributed by atoms with E-state index in [1.807, 2.05) is 0 Å². The van der Waals surface area contributed by atoms with Crippen LogP contribution < -0.4 is 10.1 Å².